The molecule has 1 aromatic rings. The Labute approximate surface area is 111 Å². The molecule has 0 amide bonds. The van der Waals surface area contributed by atoms with Crippen LogP contribution < -0.4 is 10.5 Å². The highest BCUT2D eigenvalue weighted by molar-refractivity contribution is 7.99. The molecule has 1 aliphatic heterocycles. The summed E-state index contributed by atoms with van der Waals surface area (Å²) in [6.45, 7) is 1.96. The van der Waals surface area contributed by atoms with E-state index < -0.39 is 11.5 Å². The first kappa shape index (κ1) is 13.2. The fraction of sp³-hybridized carbons (Fsp3) is 0.462. The maximum absolute atomic E-state index is 11.5. The molecule has 5 heteroatoms. The highest BCUT2D eigenvalue weighted by Gasteiger charge is 2.39. The van der Waals surface area contributed by atoms with E-state index in [1.807, 2.05) is 13.0 Å². The molecule has 0 bridgehead atoms. The SMILES string of the molecule is COc1cc(C)c2c(c1)C(N)(C(=O)O)CCCS2. The summed E-state index contributed by atoms with van der Waals surface area (Å²) in [5, 5.41) is 9.45. The molecule has 0 aliphatic carbocycles. The lowest BCUT2D eigenvalue weighted by Gasteiger charge is -2.26. The van der Waals surface area contributed by atoms with E-state index in [2.05, 4.69) is 0 Å². The third-order valence-corrected chi connectivity index (χ3v) is 4.63. The van der Waals surface area contributed by atoms with Crippen molar-refractivity contribution in [2.75, 3.05) is 12.9 Å². The molecule has 2 rings (SSSR count). The number of nitrogens with two attached hydrogens (primary N) is 1. The summed E-state index contributed by atoms with van der Waals surface area (Å²) in [4.78, 5) is 12.5. The minimum absolute atomic E-state index is 0.453. The fourth-order valence-electron chi connectivity index (χ4n) is 2.26. The second kappa shape index (κ2) is 4.82. The van der Waals surface area contributed by atoms with Gasteiger partial charge in [0, 0.05) is 10.5 Å². The van der Waals surface area contributed by atoms with Crippen molar-refractivity contribution in [3.8, 4) is 5.75 Å². The van der Waals surface area contributed by atoms with E-state index in [0.717, 1.165) is 22.6 Å². The number of carboxylic acids is 1. The van der Waals surface area contributed by atoms with Crippen LogP contribution in [0.4, 0.5) is 0 Å². The molecule has 1 aliphatic rings. The monoisotopic (exact) mass is 267 g/mol. The highest BCUT2D eigenvalue weighted by atomic mass is 32.2. The van der Waals surface area contributed by atoms with Crippen LogP contribution in [-0.2, 0) is 10.3 Å². The first-order valence-electron chi connectivity index (χ1n) is 5.83. The van der Waals surface area contributed by atoms with Crippen molar-refractivity contribution in [3.63, 3.8) is 0 Å². The fourth-order valence-corrected chi connectivity index (χ4v) is 3.44. The number of carbonyl (C=O) groups is 1. The van der Waals surface area contributed by atoms with Crippen LogP contribution in [-0.4, -0.2) is 23.9 Å². The molecule has 4 nitrogen and oxygen atoms in total. The van der Waals surface area contributed by atoms with E-state index in [1.165, 1.54) is 0 Å². The van der Waals surface area contributed by atoms with Gasteiger partial charge in [-0.2, -0.15) is 0 Å². The van der Waals surface area contributed by atoms with Crippen molar-refractivity contribution in [3.05, 3.63) is 23.3 Å². The molecular weight excluding hydrogens is 250 g/mol. The number of hydrogen-bond donors (Lipinski definition) is 2. The maximum atomic E-state index is 11.5. The van der Waals surface area contributed by atoms with Gasteiger partial charge in [-0.05, 0) is 43.2 Å². The first-order chi connectivity index (χ1) is 8.49. The van der Waals surface area contributed by atoms with Crippen molar-refractivity contribution in [2.24, 2.45) is 5.73 Å². The topological polar surface area (TPSA) is 72.5 Å². The van der Waals surface area contributed by atoms with E-state index in [9.17, 15) is 9.90 Å². The summed E-state index contributed by atoms with van der Waals surface area (Å²) in [5.41, 5.74) is 6.53. The van der Waals surface area contributed by atoms with Crippen molar-refractivity contribution in [2.45, 2.75) is 30.2 Å². The molecule has 98 valence electrons. The third kappa shape index (κ3) is 2.08. The minimum atomic E-state index is -1.31. The van der Waals surface area contributed by atoms with Gasteiger partial charge in [-0.1, -0.05) is 0 Å². The van der Waals surface area contributed by atoms with E-state index in [-0.39, 0.29) is 0 Å². The third-order valence-electron chi connectivity index (χ3n) is 3.31. The molecule has 0 fully saturated rings. The standard InChI is InChI=1S/C13H17NO3S/c1-8-6-9(17-2)7-10-11(8)18-5-3-4-13(10,14)12(15)16/h6-7H,3-5,14H2,1-2H3,(H,15,16). The van der Waals surface area contributed by atoms with Crippen molar-refractivity contribution in [1.29, 1.82) is 0 Å². The van der Waals surface area contributed by atoms with Crippen LogP contribution in [0, 0.1) is 6.92 Å². The predicted molar refractivity (Wildman–Crippen MR) is 71.2 cm³/mol. The Kier molecular flexibility index (Phi) is 3.54. The van der Waals surface area contributed by atoms with E-state index in [4.69, 9.17) is 10.5 Å². The van der Waals surface area contributed by atoms with Gasteiger partial charge in [0.25, 0.3) is 0 Å². The zero-order valence-corrected chi connectivity index (χ0v) is 11.3. The second-order valence-electron chi connectivity index (χ2n) is 4.55. The van der Waals surface area contributed by atoms with Gasteiger partial charge < -0.3 is 15.6 Å². The molecular formula is C13H17NO3S. The lowest BCUT2D eigenvalue weighted by atomic mass is 9.85. The smallest absolute Gasteiger partial charge is 0.328 e. The van der Waals surface area contributed by atoms with Crippen LogP contribution in [0.5, 0.6) is 5.75 Å². The number of aryl methyl sites for hydroxylation is 1. The van der Waals surface area contributed by atoms with E-state index in [1.54, 1.807) is 24.9 Å². The number of methoxy groups -OCH3 is 1. The Bertz CT molecular complexity index is 489. The van der Waals surface area contributed by atoms with Crippen LogP contribution in [0.2, 0.25) is 0 Å². The molecule has 0 aromatic heterocycles. The van der Waals surface area contributed by atoms with Gasteiger partial charge in [0.15, 0.2) is 0 Å². The lowest BCUT2D eigenvalue weighted by Crippen LogP contribution is -2.45. The summed E-state index contributed by atoms with van der Waals surface area (Å²) in [7, 11) is 1.57. The maximum Gasteiger partial charge on any atom is 0.328 e. The molecule has 0 spiro atoms. The van der Waals surface area contributed by atoms with Crippen molar-refractivity contribution in [1.82, 2.24) is 0 Å². The van der Waals surface area contributed by atoms with Gasteiger partial charge in [-0.15, -0.1) is 11.8 Å². The first-order valence-corrected chi connectivity index (χ1v) is 6.82. The number of hydrogen-bond acceptors (Lipinski definition) is 4. The summed E-state index contributed by atoms with van der Waals surface area (Å²) in [6, 6.07) is 3.67. The molecule has 1 unspecified atom stereocenters. The molecule has 18 heavy (non-hydrogen) atoms. The number of ether oxygens (including phenoxy) is 1. The highest BCUT2D eigenvalue weighted by Crippen LogP contribution is 2.41. The van der Waals surface area contributed by atoms with Gasteiger partial charge in [0.1, 0.15) is 11.3 Å². The Balaban J connectivity index is 2.66. The number of thioether (sulfide) groups is 1. The van der Waals surface area contributed by atoms with Gasteiger partial charge in [0.2, 0.25) is 0 Å². The molecule has 1 atom stereocenters. The number of aliphatic carboxylic acids is 1. The van der Waals surface area contributed by atoms with E-state index >= 15 is 0 Å². The van der Waals surface area contributed by atoms with Gasteiger partial charge in [0.05, 0.1) is 7.11 Å². The van der Waals surface area contributed by atoms with Gasteiger partial charge in [-0.3, -0.25) is 0 Å². The largest absolute Gasteiger partial charge is 0.497 e. The molecule has 1 heterocycles. The number of fused-ring (bicyclic) bond motifs is 1. The Hall–Kier alpha value is -1.20. The van der Waals surface area contributed by atoms with Gasteiger partial charge in [-0.25, -0.2) is 4.79 Å². The summed E-state index contributed by atoms with van der Waals surface area (Å²) >= 11 is 1.68. The van der Waals surface area contributed by atoms with Crippen LogP contribution in [0.3, 0.4) is 0 Å². The lowest BCUT2D eigenvalue weighted by molar-refractivity contribution is -0.144. The zero-order valence-electron chi connectivity index (χ0n) is 10.5. The number of benzene rings is 1. The van der Waals surface area contributed by atoms with Crippen LogP contribution in [0.1, 0.15) is 24.0 Å². The second-order valence-corrected chi connectivity index (χ2v) is 5.65. The zero-order chi connectivity index (χ0) is 13.3. The Morgan fingerprint density at radius 3 is 2.89 bits per heavy atom. The quantitative estimate of drug-likeness (QED) is 0.858. The summed E-state index contributed by atoms with van der Waals surface area (Å²) in [6.07, 6.45) is 1.25. The molecule has 3 N–H and O–H groups in total. The number of carboxylic acid groups (broad SMARTS) is 1. The average Bonchev–Trinajstić information content (AvgIpc) is 2.50. The molecule has 0 saturated heterocycles. The van der Waals surface area contributed by atoms with Gasteiger partial charge >= 0.3 is 5.97 Å². The molecule has 1 aromatic carbocycles. The van der Waals surface area contributed by atoms with Crippen molar-refractivity contribution < 1.29 is 14.6 Å². The molecule has 0 radical (unpaired) electrons. The Morgan fingerprint density at radius 1 is 1.56 bits per heavy atom. The van der Waals surface area contributed by atoms with Crippen LogP contribution in [0.25, 0.3) is 0 Å². The normalized spacial score (nSPS) is 23.1. The minimum Gasteiger partial charge on any atom is -0.497 e. The van der Waals surface area contributed by atoms with Crippen LogP contribution in [0.15, 0.2) is 17.0 Å². The predicted octanol–water partition coefficient (Wildman–Crippen LogP) is 2.13. The van der Waals surface area contributed by atoms with Crippen molar-refractivity contribution >= 4 is 17.7 Å². The number of rotatable bonds is 2. The average molecular weight is 267 g/mol. The summed E-state index contributed by atoms with van der Waals surface area (Å²) in [5.74, 6) is 0.579. The Morgan fingerprint density at radius 2 is 2.28 bits per heavy atom. The molecule has 0 saturated carbocycles. The summed E-state index contributed by atoms with van der Waals surface area (Å²) < 4.78 is 5.22. The van der Waals surface area contributed by atoms with E-state index in [0.29, 0.717) is 17.7 Å². The van der Waals surface area contributed by atoms with Crippen LogP contribution >= 0.6 is 11.8 Å².